The van der Waals surface area contributed by atoms with Crippen molar-refractivity contribution in [1.82, 2.24) is 5.32 Å². The summed E-state index contributed by atoms with van der Waals surface area (Å²) in [6.45, 7) is 8.31. The zero-order valence-corrected chi connectivity index (χ0v) is 11.3. The van der Waals surface area contributed by atoms with Crippen LogP contribution >= 0.6 is 0 Å². The Hall–Kier alpha value is -1.02. The summed E-state index contributed by atoms with van der Waals surface area (Å²) in [5, 5.41) is 3.51. The third-order valence-electron chi connectivity index (χ3n) is 2.82. The summed E-state index contributed by atoms with van der Waals surface area (Å²) in [5.74, 6) is 0.985. The Bertz CT molecular complexity index is 312. The van der Waals surface area contributed by atoms with Crippen LogP contribution in [0.5, 0.6) is 5.75 Å². The molecule has 1 aromatic carbocycles. The quantitative estimate of drug-likeness (QED) is 0.745. The van der Waals surface area contributed by atoms with E-state index in [4.69, 9.17) is 4.74 Å². The first-order valence-electron chi connectivity index (χ1n) is 6.71. The molecule has 1 unspecified atom stereocenters. The van der Waals surface area contributed by atoms with E-state index in [1.54, 1.807) is 0 Å². The van der Waals surface area contributed by atoms with Gasteiger partial charge in [-0.25, -0.2) is 0 Å². The molecule has 0 aliphatic carbocycles. The van der Waals surface area contributed by atoms with Gasteiger partial charge < -0.3 is 10.1 Å². The van der Waals surface area contributed by atoms with Crippen LogP contribution in [0.4, 0.5) is 0 Å². The summed E-state index contributed by atoms with van der Waals surface area (Å²) in [6, 6.07) is 9.01. The van der Waals surface area contributed by atoms with Crippen LogP contribution in [0.1, 0.15) is 39.2 Å². The van der Waals surface area contributed by atoms with Crippen LogP contribution in [-0.2, 0) is 6.42 Å². The monoisotopic (exact) mass is 235 g/mol. The van der Waals surface area contributed by atoms with Crippen LogP contribution in [-0.4, -0.2) is 19.2 Å². The summed E-state index contributed by atoms with van der Waals surface area (Å²) in [4.78, 5) is 0. The highest BCUT2D eigenvalue weighted by Crippen LogP contribution is 2.15. The number of aryl methyl sites for hydroxylation is 1. The minimum Gasteiger partial charge on any atom is -0.494 e. The lowest BCUT2D eigenvalue weighted by Gasteiger charge is -2.13. The van der Waals surface area contributed by atoms with E-state index in [-0.39, 0.29) is 0 Å². The van der Waals surface area contributed by atoms with Gasteiger partial charge in [0.25, 0.3) is 0 Å². The van der Waals surface area contributed by atoms with E-state index in [0.29, 0.717) is 6.04 Å². The zero-order chi connectivity index (χ0) is 12.5. The van der Waals surface area contributed by atoms with E-state index in [1.807, 2.05) is 13.0 Å². The van der Waals surface area contributed by atoms with Gasteiger partial charge in [0, 0.05) is 6.04 Å². The normalized spacial score (nSPS) is 12.4. The average Bonchev–Trinajstić information content (AvgIpc) is 2.35. The van der Waals surface area contributed by atoms with Crippen molar-refractivity contribution >= 4 is 0 Å². The molecule has 1 N–H and O–H groups in total. The molecule has 0 spiro atoms. The molecule has 0 aliphatic rings. The van der Waals surface area contributed by atoms with Crippen LogP contribution in [0, 0.1) is 0 Å². The number of benzene rings is 1. The molecule has 0 saturated carbocycles. The molecule has 0 amide bonds. The average molecular weight is 235 g/mol. The summed E-state index contributed by atoms with van der Waals surface area (Å²) in [5.41, 5.74) is 1.36. The van der Waals surface area contributed by atoms with Crippen molar-refractivity contribution in [2.75, 3.05) is 13.2 Å². The number of hydrogen-bond acceptors (Lipinski definition) is 2. The lowest BCUT2D eigenvalue weighted by molar-refractivity contribution is 0.340. The molecule has 0 heterocycles. The van der Waals surface area contributed by atoms with Crippen molar-refractivity contribution in [2.45, 2.75) is 46.1 Å². The highest BCUT2D eigenvalue weighted by molar-refractivity contribution is 5.28. The fourth-order valence-electron chi connectivity index (χ4n) is 1.83. The van der Waals surface area contributed by atoms with Crippen molar-refractivity contribution in [2.24, 2.45) is 0 Å². The molecule has 2 nitrogen and oxygen atoms in total. The Balaban J connectivity index is 2.37. The zero-order valence-electron chi connectivity index (χ0n) is 11.3. The van der Waals surface area contributed by atoms with E-state index in [1.165, 1.54) is 18.4 Å². The van der Waals surface area contributed by atoms with E-state index in [0.717, 1.165) is 25.3 Å². The van der Waals surface area contributed by atoms with Crippen molar-refractivity contribution < 1.29 is 4.74 Å². The highest BCUT2D eigenvalue weighted by Gasteiger charge is 2.02. The number of nitrogens with one attached hydrogen (secondary N) is 1. The molecule has 0 aromatic heterocycles. The molecule has 0 bridgehead atoms. The molecule has 17 heavy (non-hydrogen) atoms. The predicted molar refractivity (Wildman–Crippen MR) is 73.7 cm³/mol. The third-order valence-corrected chi connectivity index (χ3v) is 2.82. The summed E-state index contributed by atoms with van der Waals surface area (Å²) >= 11 is 0. The fourth-order valence-corrected chi connectivity index (χ4v) is 1.83. The second-order valence-corrected chi connectivity index (χ2v) is 4.47. The van der Waals surface area contributed by atoms with Gasteiger partial charge in [-0.1, -0.05) is 19.1 Å². The van der Waals surface area contributed by atoms with Gasteiger partial charge in [-0.3, -0.25) is 0 Å². The first-order chi connectivity index (χ1) is 8.26. The Morgan fingerprint density at radius 2 is 2.12 bits per heavy atom. The second kappa shape index (κ2) is 8.13. The molecule has 0 fully saturated rings. The van der Waals surface area contributed by atoms with Gasteiger partial charge >= 0.3 is 0 Å². The smallest absolute Gasteiger partial charge is 0.119 e. The maximum Gasteiger partial charge on any atom is 0.119 e. The van der Waals surface area contributed by atoms with E-state index in [9.17, 15) is 0 Å². The maximum absolute atomic E-state index is 5.50. The molecule has 0 aliphatic heterocycles. The van der Waals surface area contributed by atoms with Crippen molar-refractivity contribution in [3.63, 3.8) is 0 Å². The van der Waals surface area contributed by atoms with Gasteiger partial charge in [-0.05, 0) is 57.4 Å². The number of ether oxygens (including phenoxy) is 1. The molecule has 1 aromatic rings. The van der Waals surface area contributed by atoms with Crippen molar-refractivity contribution in [1.29, 1.82) is 0 Å². The Kier molecular flexibility index (Phi) is 6.71. The molecule has 2 heteroatoms. The van der Waals surface area contributed by atoms with Crippen LogP contribution in [0.25, 0.3) is 0 Å². The molecular formula is C15H25NO. The van der Waals surface area contributed by atoms with Gasteiger partial charge in [0.15, 0.2) is 0 Å². The van der Waals surface area contributed by atoms with Crippen LogP contribution in [0.3, 0.4) is 0 Å². The van der Waals surface area contributed by atoms with Gasteiger partial charge in [0.2, 0.25) is 0 Å². The van der Waals surface area contributed by atoms with E-state index < -0.39 is 0 Å². The Morgan fingerprint density at radius 3 is 2.82 bits per heavy atom. The van der Waals surface area contributed by atoms with Crippen LogP contribution < -0.4 is 10.1 Å². The summed E-state index contributed by atoms with van der Waals surface area (Å²) in [7, 11) is 0. The first kappa shape index (κ1) is 14.0. The number of rotatable bonds is 8. The van der Waals surface area contributed by atoms with Crippen LogP contribution in [0.15, 0.2) is 24.3 Å². The largest absolute Gasteiger partial charge is 0.494 e. The van der Waals surface area contributed by atoms with E-state index in [2.05, 4.69) is 37.4 Å². The van der Waals surface area contributed by atoms with Crippen molar-refractivity contribution in [3.05, 3.63) is 29.8 Å². The maximum atomic E-state index is 5.50. The van der Waals surface area contributed by atoms with Crippen LogP contribution in [0.2, 0.25) is 0 Å². The van der Waals surface area contributed by atoms with Gasteiger partial charge in [-0.2, -0.15) is 0 Å². The highest BCUT2D eigenvalue weighted by atomic mass is 16.5. The SMILES string of the molecule is CCCNC(C)CCc1cccc(OCC)c1. The van der Waals surface area contributed by atoms with Gasteiger partial charge in [0.1, 0.15) is 5.75 Å². The standard InChI is InChI=1S/C15H25NO/c1-4-11-16-13(3)9-10-14-7-6-8-15(12-14)17-5-2/h6-8,12-13,16H,4-5,9-11H2,1-3H3. The van der Waals surface area contributed by atoms with Gasteiger partial charge in [0.05, 0.1) is 6.61 Å². The minimum absolute atomic E-state index is 0.589. The first-order valence-corrected chi connectivity index (χ1v) is 6.71. The van der Waals surface area contributed by atoms with Crippen molar-refractivity contribution in [3.8, 4) is 5.75 Å². The Morgan fingerprint density at radius 1 is 1.29 bits per heavy atom. The predicted octanol–water partition coefficient (Wildman–Crippen LogP) is 3.41. The Labute approximate surface area is 105 Å². The van der Waals surface area contributed by atoms with E-state index >= 15 is 0 Å². The molecule has 1 rings (SSSR count). The summed E-state index contributed by atoms with van der Waals surface area (Å²) in [6.07, 6.45) is 3.48. The molecule has 96 valence electrons. The molecule has 1 atom stereocenters. The lowest BCUT2D eigenvalue weighted by Crippen LogP contribution is -2.27. The third kappa shape index (κ3) is 5.73. The molecular weight excluding hydrogens is 210 g/mol. The summed E-state index contributed by atoms with van der Waals surface area (Å²) < 4.78 is 5.50. The van der Waals surface area contributed by atoms with Gasteiger partial charge in [-0.15, -0.1) is 0 Å². The lowest BCUT2D eigenvalue weighted by atomic mass is 10.1. The minimum atomic E-state index is 0.589. The number of hydrogen-bond donors (Lipinski definition) is 1. The molecule has 0 saturated heterocycles. The topological polar surface area (TPSA) is 21.3 Å². The molecule has 0 radical (unpaired) electrons. The fraction of sp³-hybridized carbons (Fsp3) is 0.600. The second-order valence-electron chi connectivity index (χ2n) is 4.47.